The van der Waals surface area contributed by atoms with Crippen molar-refractivity contribution in [2.45, 2.75) is 19.8 Å². The number of hydrogen-bond donors (Lipinski definition) is 1. The van der Waals surface area contributed by atoms with Crippen LogP contribution in [0, 0.1) is 11.6 Å². The molecule has 2 amide bonds. The van der Waals surface area contributed by atoms with Crippen LogP contribution in [0.5, 0.6) is 0 Å². The summed E-state index contributed by atoms with van der Waals surface area (Å²) >= 11 is 0. The third-order valence-electron chi connectivity index (χ3n) is 4.52. The molecule has 0 spiro atoms. The molecule has 0 unspecified atom stereocenters. The zero-order chi connectivity index (χ0) is 19.4. The molecule has 1 fully saturated rings. The third-order valence-corrected chi connectivity index (χ3v) is 4.52. The lowest BCUT2D eigenvalue weighted by atomic mass is 10.2. The Kier molecular flexibility index (Phi) is 5.69. The average Bonchev–Trinajstić information content (AvgIpc) is 3.17. The predicted molar refractivity (Wildman–Crippen MR) is 101 cm³/mol. The second-order valence-electron chi connectivity index (χ2n) is 6.49. The normalized spacial score (nSPS) is 13.5. The Balaban J connectivity index is 1.65. The van der Waals surface area contributed by atoms with Crippen LogP contribution in [0.1, 0.15) is 19.8 Å². The lowest BCUT2D eigenvalue weighted by Gasteiger charge is -2.21. The molecule has 1 aliphatic heterocycles. The van der Waals surface area contributed by atoms with Gasteiger partial charge in [0.25, 0.3) is 0 Å². The van der Waals surface area contributed by atoms with Gasteiger partial charge in [0.1, 0.15) is 6.54 Å². The van der Waals surface area contributed by atoms with Gasteiger partial charge in [-0.05, 0) is 49.2 Å². The van der Waals surface area contributed by atoms with Gasteiger partial charge in [-0.15, -0.1) is 0 Å². The Bertz CT molecular complexity index is 834. The first kappa shape index (κ1) is 18.8. The summed E-state index contributed by atoms with van der Waals surface area (Å²) in [7, 11) is 0. The number of nitrogens with zero attached hydrogens (tertiary/aromatic N) is 2. The van der Waals surface area contributed by atoms with Gasteiger partial charge in [0, 0.05) is 43.1 Å². The van der Waals surface area contributed by atoms with E-state index >= 15 is 0 Å². The molecule has 5 nitrogen and oxygen atoms in total. The average molecular weight is 373 g/mol. The van der Waals surface area contributed by atoms with Gasteiger partial charge in [-0.3, -0.25) is 9.59 Å². The number of rotatable bonds is 5. The molecule has 0 saturated carbocycles. The number of hydrogen-bond acceptors (Lipinski definition) is 3. The molecule has 0 aromatic heterocycles. The second-order valence-corrected chi connectivity index (χ2v) is 6.49. The molecule has 3 rings (SSSR count). The summed E-state index contributed by atoms with van der Waals surface area (Å²) in [5.41, 5.74) is 1.84. The first-order chi connectivity index (χ1) is 12.9. The van der Waals surface area contributed by atoms with Crippen molar-refractivity contribution in [1.82, 2.24) is 0 Å². The fourth-order valence-corrected chi connectivity index (χ4v) is 3.11. The van der Waals surface area contributed by atoms with Crippen molar-refractivity contribution >= 4 is 28.9 Å². The highest BCUT2D eigenvalue weighted by Gasteiger charge is 2.18. The number of carbonyl (C=O) groups is 2. The fraction of sp³-hybridized carbons (Fsp3) is 0.300. The van der Waals surface area contributed by atoms with Crippen LogP contribution in [-0.4, -0.2) is 31.4 Å². The minimum atomic E-state index is -1.07. The first-order valence-corrected chi connectivity index (χ1v) is 8.82. The molecule has 1 aliphatic rings. The monoisotopic (exact) mass is 373 g/mol. The topological polar surface area (TPSA) is 52.7 Å². The van der Waals surface area contributed by atoms with Crippen LogP contribution in [0.15, 0.2) is 42.5 Å². The Morgan fingerprint density at radius 3 is 2.30 bits per heavy atom. The van der Waals surface area contributed by atoms with Crippen LogP contribution in [-0.2, 0) is 9.59 Å². The summed E-state index contributed by atoms with van der Waals surface area (Å²) in [4.78, 5) is 27.5. The minimum Gasteiger partial charge on any atom is -0.372 e. The molecule has 2 aromatic rings. The van der Waals surface area contributed by atoms with Crippen molar-refractivity contribution < 1.29 is 18.4 Å². The predicted octanol–water partition coefficient (Wildman–Crippen LogP) is 3.56. The highest BCUT2D eigenvalue weighted by Crippen LogP contribution is 2.22. The molecule has 0 bridgehead atoms. The molecule has 1 N–H and O–H groups in total. The molecule has 0 atom stereocenters. The van der Waals surface area contributed by atoms with E-state index in [-0.39, 0.29) is 12.2 Å². The van der Waals surface area contributed by atoms with E-state index in [1.165, 1.54) is 25.8 Å². The van der Waals surface area contributed by atoms with Crippen molar-refractivity contribution in [3.8, 4) is 0 Å². The smallest absolute Gasteiger partial charge is 0.244 e. The molecular weight excluding hydrogens is 352 g/mol. The van der Waals surface area contributed by atoms with Gasteiger partial charge in [-0.2, -0.15) is 0 Å². The summed E-state index contributed by atoms with van der Waals surface area (Å²) in [6, 6.07) is 10.6. The van der Waals surface area contributed by atoms with Crippen LogP contribution in [0.25, 0.3) is 0 Å². The quantitative estimate of drug-likeness (QED) is 0.872. The highest BCUT2D eigenvalue weighted by atomic mass is 19.2. The fourth-order valence-electron chi connectivity index (χ4n) is 3.11. The van der Waals surface area contributed by atoms with Crippen molar-refractivity contribution in [3.05, 3.63) is 54.1 Å². The van der Waals surface area contributed by atoms with E-state index in [4.69, 9.17) is 0 Å². The van der Waals surface area contributed by atoms with Crippen molar-refractivity contribution in [2.24, 2.45) is 0 Å². The summed E-state index contributed by atoms with van der Waals surface area (Å²) in [5.74, 6) is -2.95. The second kappa shape index (κ2) is 8.16. The maximum Gasteiger partial charge on any atom is 0.244 e. The van der Waals surface area contributed by atoms with E-state index in [1.807, 2.05) is 12.1 Å². The van der Waals surface area contributed by atoms with Crippen LogP contribution in [0.2, 0.25) is 0 Å². The first-order valence-electron chi connectivity index (χ1n) is 8.82. The number of anilines is 3. The molecule has 27 heavy (non-hydrogen) atoms. The largest absolute Gasteiger partial charge is 0.372 e. The van der Waals surface area contributed by atoms with Gasteiger partial charge in [0.15, 0.2) is 11.6 Å². The Morgan fingerprint density at radius 2 is 1.70 bits per heavy atom. The highest BCUT2D eigenvalue weighted by molar-refractivity contribution is 6.01. The van der Waals surface area contributed by atoms with E-state index in [0.29, 0.717) is 5.69 Å². The van der Waals surface area contributed by atoms with Crippen LogP contribution >= 0.6 is 0 Å². The molecule has 0 aliphatic carbocycles. The minimum absolute atomic E-state index is 0.126. The maximum absolute atomic E-state index is 13.4. The Hall–Kier alpha value is -2.96. The zero-order valence-corrected chi connectivity index (χ0v) is 15.0. The molecular formula is C20H21F2N3O2. The lowest BCUT2D eigenvalue weighted by molar-refractivity contribution is -0.120. The van der Waals surface area contributed by atoms with E-state index in [2.05, 4.69) is 10.2 Å². The van der Waals surface area contributed by atoms with Gasteiger partial charge >= 0.3 is 0 Å². The number of carbonyl (C=O) groups excluding carboxylic acids is 2. The van der Waals surface area contributed by atoms with E-state index in [0.717, 1.165) is 35.8 Å². The van der Waals surface area contributed by atoms with Gasteiger partial charge in [0.2, 0.25) is 11.8 Å². The van der Waals surface area contributed by atoms with Crippen LogP contribution < -0.4 is 15.1 Å². The Morgan fingerprint density at radius 1 is 1.04 bits per heavy atom. The molecule has 142 valence electrons. The van der Waals surface area contributed by atoms with Gasteiger partial charge in [-0.1, -0.05) is 0 Å². The standard InChI is InChI=1S/C20H21F2N3O2/c1-14(26)25(17-8-9-18(21)19(22)12-17)13-20(27)23-15-4-6-16(7-5-15)24-10-2-3-11-24/h4-9,12H,2-3,10-11,13H2,1H3,(H,23,27). The van der Waals surface area contributed by atoms with Crippen LogP contribution in [0.4, 0.5) is 25.8 Å². The van der Waals surface area contributed by atoms with Gasteiger partial charge in [-0.25, -0.2) is 8.78 Å². The number of benzene rings is 2. The van der Waals surface area contributed by atoms with Crippen molar-refractivity contribution in [1.29, 1.82) is 0 Å². The third kappa shape index (κ3) is 4.61. The molecule has 1 heterocycles. The summed E-state index contributed by atoms with van der Waals surface area (Å²) < 4.78 is 26.5. The Labute approximate surface area is 156 Å². The van der Waals surface area contributed by atoms with Gasteiger partial charge < -0.3 is 15.1 Å². The number of nitrogens with one attached hydrogen (secondary N) is 1. The summed E-state index contributed by atoms with van der Waals surface area (Å²) in [6.07, 6.45) is 2.37. The molecule has 7 heteroatoms. The SMILES string of the molecule is CC(=O)N(CC(=O)Nc1ccc(N2CCCC2)cc1)c1ccc(F)c(F)c1. The number of amides is 2. The summed E-state index contributed by atoms with van der Waals surface area (Å²) in [6.45, 7) is 3.04. The molecule has 2 aromatic carbocycles. The van der Waals surface area contributed by atoms with Crippen LogP contribution in [0.3, 0.4) is 0 Å². The van der Waals surface area contributed by atoms with Gasteiger partial charge in [0.05, 0.1) is 0 Å². The van der Waals surface area contributed by atoms with Crippen molar-refractivity contribution in [2.75, 3.05) is 34.8 Å². The summed E-state index contributed by atoms with van der Waals surface area (Å²) in [5, 5.41) is 2.72. The number of halogens is 2. The van der Waals surface area contributed by atoms with E-state index in [9.17, 15) is 18.4 Å². The lowest BCUT2D eigenvalue weighted by Crippen LogP contribution is -2.36. The van der Waals surface area contributed by atoms with Crippen molar-refractivity contribution in [3.63, 3.8) is 0 Å². The maximum atomic E-state index is 13.4. The zero-order valence-electron chi connectivity index (χ0n) is 15.0. The van der Waals surface area contributed by atoms with E-state index < -0.39 is 23.4 Å². The molecule has 1 saturated heterocycles. The van der Waals surface area contributed by atoms with E-state index in [1.54, 1.807) is 12.1 Å². The molecule has 0 radical (unpaired) electrons.